The fourth-order valence-corrected chi connectivity index (χ4v) is 3.09. The largest absolute Gasteiger partial charge is 0.383 e. The highest BCUT2D eigenvalue weighted by Crippen LogP contribution is 2.34. The average Bonchev–Trinajstić information content (AvgIpc) is 2.61. The van der Waals surface area contributed by atoms with E-state index in [-0.39, 0.29) is 12.6 Å². The summed E-state index contributed by atoms with van der Waals surface area (Å²) in [5.74, 6) is 0.731. The van der Waals surface area contributed by atoms with Crippen LogP contribution in [0.25, 0.3) is 0 Å². The first-order valence-electron chi connectivity index (χ1n) is 8.27. The Morgan fingerprint density at radius 3 is 2.79 bits per heavy atom. The fraction of sp³-hybridized carbons (Fsp3) is 0.389. The van der Waals surface area contributed by atoms with Crippen LogP contribution in [0.3, 0.4) is 0 Å². The molecule has 0 fully saturated rings. The van der Waals surface area contributed by atoms with Crippen molar-refractivity contribution in [1.82, 2.24) is 15.3 Å². The molecule has 3 rings (SSSR count). The molecule has 24 heavy (non-hydrogen) atoms. The van der Waals surface area contributed by atoms with Crippen LogP contribution in [0.1, 0.15) is 36.7 Å². The van der Waals surface area contributed by atoms with Crippen molar-refractivity contribution in [2.24, 2.45) is 0 Å². The van der Waals surface area contributed by atoms with Gasteiger partial charge in [-0.3, -0.25) is 0 Å². The molecule has 1 atom stereocenters. The van der Waals surface area contributed by atoms with E-state index in [1.54, 1.807) is 12.4 Å². The van der Waals surface area contributed by atoms with E-state index in [4.69, 9.17) is 0 Å². The van der Waals surface area contributed by atoms with Gasteiger partial charge in [-0.1, -0.05) is 31.2 Å². The second kappa shape index (κ2) is 6.97. The lowest BCUT2D eigenvalue weighted by Gasteiger charge is -2.34. The van der Waals surface area contributed by atoms with Gasteiger partial charge in [-0.2, -0.15) is 0 Å². The van der Waals surface area contributed by atoms with Crippen LogP contribution in [-0.4, -0.2) is 27.7 Å². The van der Waals surface area contributed by atoms with Crippen LogP contribution in [0.5, 0.6) is 0 Å². The highest BCUT2D eigenvalue weighted by molar-refractivity contribution is 5.88. The molecule has 1 aromatic heterocycles. The minimum Gasteiger partial charge on any atom is -0.383 e. The van der Waals surface area contributed by atoms with Crippen molar-refractivity contribution >= 4 is 11.7 Å². The van der Waals surface area contributed by atoms with E-state index in [1.165, 1.54) is 0 Å². The molecule has 1 heterocycles. The molecule has 1 aromatic carbocycles. The summed E-state index contributed by atoms with van der Waals surface area (Å²) < 4.78 is 0. The van der Waals surface area contributed by atoms with Crippen molar-refractivity contribution in [3.05, 3.63) is 53.6 Å². The molecule has 1 unspecified atom stereocenters. The smallest absolute Gasteiger partial charge is 0.319 e. The maximum Gasteiger partial charge on any atom is 0.319 e. The minimum absolute atomic E-state index is 0.170. The Morgan fingerprint density at radius 1 is 1.29 bits per heavy atom. The van der Waals surface area contributed by atoms with Crippen molar-refractivity contribution in [3.8, 4) is 0 Å². The third kappa shape index (κ3) is 3.54. The molecule has 0 bridgehead atoms. The van der Waals surface area contributed by atoms with Gasteiger partial charge in [0.25, 0.3) is 0 Å². The first-order chi connectivity index (χ1) is 11.6. The lowest BCUT2D eigenvalue weighted by Crippen LogP contribution is -2.44. The number of urea groups is 1. The number of carbonyl (C=O) groups is 1. The Hall–Kier alpha value is -2.47. The number of nitrogens with one attached hydrogen (secondary N) is 2. The number of aliphatic hydroxyl groups is 1. The fourth-order valence-electron chi connectivity index (χ4n) is 3.09. The molecular weight excluding hydrogens is 304 g/mol. The van der Waals surface area contributed by atoms with Gasteiger partial charge in [-0.15, -0.1) is 0 Å². The molecule has 3 N–H and O–H groups in total. The van der Waals surface area contributed by atoms with Gasteiger partial charge in [-0.25, -0.2) is 14.8 Å². The zero-order chi connectivity index (χ0) is 17.0. The Bertz CT molecular complexity index is 717. The van der Waals surface area contributed by atoms with Gasteiger partial charge in [0.15, 0.2) is 0 Å². The number of aromatic nitrogens is 2. The third-order valence-electron chi connectivity index (χ3n) is 4.38. The van der Waals surface area contributed by atoms with Crippen molar-refractivity contribution in [2.45, 2.75) is 38.2 Å². The van der Waals surface area contributed by atoms with Gasteiger partial charge >= 0.3 is 6.03 Å². The van der Waals surface area contributed by atoms with Gasteiger partial charge in [-0.05, 0) is 30.4 Å². The SMILES string of the molecule is CCc1ncc(NC(=O)NCC2(O)CCCc3ccccc32)cn1. The highest BCUT2D eigenvalue weighted by atomic mass is 16.3. The normalized spacial score (nSPS) is 19.4. The lowest BCUT2D eigenvalue weighted by atomic mass is 9.79. The second-order valence-corrected chi connectivity index (χ2v) is 6.09. The second-order valence-electron chi connectivity index (χ2n) is 6.09. The minimum atomic E-state index is -1.02. The predicted molar refractivity (Wildman–Crippen MR) is 91.7 cm³/mol. The summed E-state index contributed by atoms with van der Waals surface area (Å²) in [4.78, 5) is 20.4. The van der Waals surface area contributed by atoms with Crippen LogP contribution in [0.15, 0.2) is 36.7 Å². The zero-order valence-electron chi connectivity index (χ0n) is 13.7. The van der Waals surface area contributed by atoms with Gasteiger partial charge in [0.05, 0.1) is 24.6 Å². The summed E-state index contributed by atoms with van der Waals surface area (Å²) in [5.41, 5.74) is 1.57. The number of hydrogen-bond donors (Lipinski definition) is 3. The summed E-state index contributed by atoms with van der Waals surface area (Å²) in [7, 11) is 0. The quantitative estimate of drug-likeness (QED) is 0.805. The van der Waals surface area contributed by atoms with E-state index in [1.807, 2.05) is 31.2 Å². The molecule has 2 amide bonds. The monoisotopic (exact) mass is 326 g/mol. The summed E-state index contributed by atoms with van der Waals surface area (Å²) >= 11 is 0. The first-order valence-corrected chi connectivity index (χ1v) is 8.27. The molecule has 2 aromatic rings. The Morgan fingerprint density at radius 2 is 2.04 bits per heavy atom. The summed E-state index contributed by atoms with van der Waals surface area (Å²) in [6, 6.07) is 7.49. The van der Waals surface area contributed by atoms with E-state index < -0.39 is 5.60 Å². The molecule has 6 nitrogen and oxygen atoms in total. The summed E-state index contributed by atoms with van der Waals surface area (Å²) in [6.45, 7) is 2.14. The van der Waals surface area contributed by atoms with Crippen molar-refractivity contribution in [2.75, 3.05) is 11.9 Å². The van der Waals surface area contributed by atoms with Crippen LogP contribution in [0.2, 0.25) is 0 Å². The maximum atomic E-state index is 12.1. The molecule has 126 valence electrons. The molecule has 0 saturated carbocycles. The van der Waals surface area contributed by atoms with Gasteiger partial charge < -0.3 is 15.7 Å². The number of fused-ring (bicyclic) bond motifs is 1. The van der Waals surface area contributed by atoms with Crippen LogP contribution in [0.4, 0.5) is 10.5 Å². The lowest BCUT2D eigenvalue weighted by molar-refractivity contribution is 0.0221. The maximum absolute atomic E-state index is 12.1. The van der Waals surface area contributed by atoms with Crippen LogP contribution < -0.4 is 10.6 Å². The van der Waals surface area contributed by atoms with Gasteiger partial charge in [0, 0.05) is 6.42 Å². The van der Waals surface area contributed by atoms with Crippen LogP contribution in [-0.2, 0) is 18.4 Å². The van der Waals surface area contributed by atoms with E-state index >= 15 is 0 Å². The summed E-state index contributed by atoms with van der Waals surface area (Å²) in [6.07, 6.45) is 6.42. The third-order valence-corrected chi connectivity index (χ3v) is 4.38. The zero-order valence-corrected chi connectivity index (χ0v) is 13.7. The highest BCUT2D eigenvalue weighted by Gasteiger charge is 2.34. The first kappa shape index (κ1) is 16.4. The van der Waals surface area contributed by atoms with E-state index in [0.29, 0.717) is 12.1 Å². The van der Waals surface area contributed by atoms with Crippen molar-refractivity contribution < 1.29 is 9.90 Å². The molecule has 0 saturated heterocycles. The van der Waals surface area contributed by atoms with Gasteiger partial charge in [0.1, 0.15) is 11.4 Å². The Kier molecular flexibility index (Phi) is 4.76. The van der Waals surface area contributed by atoms with E-state index in [0.717, 1.165) is 36.2 Å². The number of aryl methyl sites for hydroxylation is 2. The van der Waals surface area contributed by atoms with Gasteiger partial charge in [0.2, 0.25) is 0 Å². The van der Waals surface area contributed by atoms with Crippen molar-refractivity contribution in [3.63, 3.8) is 0 Å². The molecule has 0 spiro atoms. The predicted octanol–water partition coefficient (Wildman–Crippen LogP) is 2.38. The average molecular weight is 326 g/mol. The number of amides is 2. The number of rotatable bonds is 4. The molecule has 0 aliphatic heterocycles. The Labute approximate surface area is 141 Å². The standard InChI is InChI=1S/C18H22N4O2/c1-2-16-19-10-14(11-20-16)22-17(23)21-12-18(24)9-5-7-13-6-3-4-8-15(13)18/h3-4,6,8,10-11,24H,2,5,7,9,12H2,1H3,(H2,21,22,23). The molecule has 0 radical (unpaired) electrons. The molecule has 6 heteroatoms. The molecule has 1 aliphatic rings. The van der Waals surface area contributed by atoms with Crippen molar-refractivity contribution in [1.29, 1.82) is 0 Å². The molecule has 1 aliphatic carbocycles. The number of benzene rings is 1. The van der Waals surface area contributed by atoms with E-state index in [9.17, 15) is 9.90 Å². The van der Waals surface area contributed by atoms with Crippen LogP contribution >= 0.6 is 0 Å². The molecular formula is C18H22N4O2. The Balaban J connectivity index is 1.61. The topological polar surface area (TPSA) is 87.1 Å². The number of hydrogen-bond acceptors (Lipinski definition) is 4. The number of anilines is 1. The number of nitrogens with zero attached hydrogens (tertiary/aromatic N) is 2. The summed E-state index contributed by atoms with van der Waals surface area (Å²) in [5, 5.41) is 16.4. The van der Waals surface area contributed by atoms with E-state index in [2.05, 4.69) is 20.6 Å². The number of carbonyl (C=O) groups excluding carboxylic acids is 1. The van der Waals surface area contributed by atoms with Crippen LogP contribution in [0, 0.1) is 0 Å².